The molecule has 4 rings (SSSR count). The van der Waals surface area contributed by atoms with Crippen LogP contribution in [0.3, 0.4) is 0 Å². The Morgan fingerprint density at radius 1 is 1.10 bits per heavy atom. The third kappa shape index (κ3) is 1.77. The van der Waals surface area contributed by atoms with Crippen LogP contribution in [0, 0.1) is 0 Å². The number of ether oxygens (including phenoxy) is 1. The molecule has 0 bridgehead atoms. The normalized spacial score (nSPS) is 11.2. The third-order valence-corrected chi connectivity index (χ3v) is 4.28. The van der Waals surface area contributed by atoms with Crippen LogP contribution < -0.4 is 4.74 Å². The molecule has 98 valence electrons. The van der Waals surface area contributed by atoms with Crippen LogP contribution in [0.25, 0.3) is 32.0 Å². The van der Waals surface area contributed by atoms with Crippen molar-refractivity contribution in [3.05, 3.63) is 48.5 Å². The molecule has 2 heterocycles. The average Bonchev–Trinajstić information content (AvgIpc) is 3.09. The van der Waals surface area contributed by atoms with Crippen molar-refractivity contribution in [2.45, 2.75) is 0 Å². The van der Waals surface area contributed by atoms with Crippen molar-refractivity contribution in [2.24, 2.45) is 0 Å². The van der Waals surface area contributed by atoms with Crippen LogP contribution >= 0.6 is 11.3 Å². The van der Waals surface area contributed by atoms with Gasteiger partial charge >= 0.3 is 0 Å². The van der Waals surface area contributed by atoms with E-state index in [2.05, 4.69) is 11.1 Å². The summed E-state index contributed by atoms with van der Waals surface area (Å²) in [4.78, 5) is 4.61. The lowest BCUT2D eigenvalue weighted by Gasteiger charge is -1.96. The van der Waals surface area contributed by atoms with E-state index in [1.54, 1.807) is 18.4 Å². The van der Waals surface area contributed by atoms with Gasteiger partial charge in [-0.3, -0.25) is 0 Å². The highest BCUT2D eigenvalue weighted by Gasteiger charge is 2.11. The fourth-order valence-corrected chi connectivity index (χ4v) is 3.14. The van der Waals surface area contributed by atoms with Crippen molar-refractivity contribution in [1.82, 2.24) is 4.98 Å². The number of fused-ring (bicyclic) bond motifs is 2. The van der Waals surface area contributed by atoms with Gasteiger partial charge in [-0.25, -0.2) is 4.98 Å². The molecule has 0 saturated heterocycles. The number of nitrogens with zero attached hydrogens (tertiary/aromatic N) is 1. The number of rotatable bonds is 2. The SMILES string of the molecule is COc1ccc2cc(-c3nc4ccccc4s3)oc2c1. The number of methoxy groups -OCH3 is 1. The van der Waals surface area contributed by atoms with Crippen LogP contribution in [0.1, 0.15) is 0 Å². The standard InChI is InChI=1S/C16H11NO2S/c1-18-11-7-6-10-8-14(19-13(10)9-11)16-17-12-4-2-3-5-15(12)20-16/h2-9H,1H3. The highest BCUT2D eigenvalue weighted by atomic mass is 32.1. The van der Waals surface area contributed by atoms with Crippen molar-refractivity contribution in [3.63, 3.8) is 0 Å². The summed E-state index contributed by atoms with van der Waals surface area (Å²) in [5, 5.41) is 1.96. The molecule has 4 heteroatoms. The van der Waals surface area contributed by atoms with E-state index in [1.807, 2.05) is 42.5 Å². The summed E-state index contributed by atoms with van der Waals surface area (Å²) in [6, 6.07) is 15.9. The van der Waals surface area contributed by atoms with Gasteiger partial charge in [-0.15, -0.1) is 11.3 Å². The molecule has 0 saturated carbocycles. The minimum atomic E-state index is 0.794. The Kier molecular flexibility index (Phi) is 2.50. The van der Waals surface area contributed by atoms with E-state index in [-0.39, 0.29) is 0 Å². The molecule has 0 fully saturated rings. The van der Waals surface area contributed by atoms with E-state index in [0.717, 1.165) is 33.0 Å². The second-order valence-electron chi connectivity index (χ2n) is 4.50. The second kappa shape index (κ2) is 4.35. The highest BCUT2D eigenvalue weighted by Crippen LogP contribution is 2.34. The van der Waals surface area contributed by atoms with Crippen LogP contribution in [0.4, 0.5) is 0 Å². The lowest BCUT2D eigenvalue weighted by Crippen LogP contribution is -1.79. The molecule has 0 amide bonds. The molecule has 0 radical (unpaired) electrons. The van der Waals surface area contributed by atoms with E-state index in [4.69, 9.17) is 9.15 Å². The molecule has 2 aromatic carbocycles. The van der Waals surface area contributed by atoms with Gasteiger partial charge in [0.25, 0.3) is 0 Å². The quantitative estimate of drug-likeness (QED) is 0.533. The molecule has 0 spiro atoms. The first kappa shape index (κ1) is 11.5. The zero-order chi connectivity index (χ0) is 13.5. The van der Waals surface area contributed by atoms with Gasteiger partial charge in [0.05, 0.1) is 17.3 Å². The zero-order valence-corrected chi connectivity index (χ0v) is 11.6. The van der Waals surface area contributed by atoms with Crippen LogP contribution in [0.2, 0.25) is 0 Å². The van der Waals surface area contributed by atoms with Crippen LogP contribution in [-0.2, 0) is 0 Å². The molecule has 0 aliphatic heterocycles. The van der Waals surface area contributed by atoms with Gasteiger partial charge in [-0.1, -0.05) is 12.1 Å². The monoisotopic (exact) mass is 281 g/mol. The molecule has 4 aromatic rings. The predicted octanol–water partition coefficient (Wildman–Crippen LogP) is 4.72. The van der Waals surface area contributed by atoms with Gasteiger partial charge in [0, 0.05) is 11.5 Å². The molecule has 2 aromatic heterocycles. The van der Waals surface area contributed by atoms with E-state index >= 15 is 0 Å². The summed E-state index contributed by atoms with van der Waals surface area (Å²) >= 11 is 1.64. The predicted molar refractivity (Wildman–Crippen MR) is 81.4 cm³/mol. The summed E-state index contributed by atoms with van der Waals surface area (Å²) in [6.45, 7) is 0. The largest absolute Gasteiger partial charge is 0.497 e. The Labute approximate surface area is 119 Å². The Hall–Kier alpha value is -2.33. The Balaban J connectivity index is 1.88. The molecular weight excluding hydrogens is 270 g/mol. The lowest BCUT2D eigenvalue weighted by molar-refractivity contribution is 0.414. The van der Waals surface area contributed by atoms with Gasteiger partial charge in [0.2, 0.25) is 0 Å². The summed E-state index contributed by atoms with van der Waals surface area (Å²) in [5.74, 6) is 1.59. The number of benzene rings is 2. The van der Waals surface area contributed by atoms with Gasteiger partial charge < -0.3 is 9.15 Å². The maximum atomic E-state index is 5.89. The van der Waals surface area contributed by atoms with Gasteiger partial charge in [-0.2, -0.15) is 0 Å². The Bertz CT molecular complexity index is 874. The molecule has 0 atom stereocenters. The van der Waals surface area contributed by atoms with Gasteiger partial charge in [-0.05, 0) is 30.3 Å². The minimum Gasteiger partial charge on any atom is -0.497 e. The highest BCUT2D eigenvalue weighted by molar-refractivity contribution is 7.21. The van der Waals surface area contributed by atoms with Crippen molar-refractivity contribution < 1.29 is 9.15 Å². The summed E-state index contributed by atoms with van der Waals surface area (Å²) in [6.07, 6.45) is 0. The zero-order valence-electron chi connectivity index (χ0n) is 10.8. The van der Waals surface area contributed by atoms with Crippen molar-refractivity contribution in [3.8, 4) is 16.5 Å². The van der Waals surface area contributed by atoms with Crippen molar-refractivity contribution >= 4 is 32.5 Å². The number of hydrogen-bond acceptors (Lipinski definition) is 4. The molecule has 0 unspecified atom stereocenters. The maximum absolute atomic E-state index is 5.89. The number of aromatic nitrogens is 1. The van der Waals surface area contributed by atoms with Gasteiger partial charge in [0.1, 0.15) is 11.3 Å². The lowest BCUT2D eigenvalue weighted by atomic mass is 10.2. The Morgan fingerprint density at radius 3 is 2.85 bits per heavy atom. The first-order chi connectivity index (χ1) is 9.83. The summed E-state index contributed by atoms with van der Waals surface area (Å²) in [7, 11) is 1.65. The molecular formula is C16H11NO2S. The average molecular weight is 281 g/mol. The first-order valence-electron chi connectivity index (χ1n) is 6.27. The smallest absolute Gasteiger partial charge is 0.164 e. The number of thiazole rings is 1. The molecule has 0 N–H and O–H groups in total. The number of para-hydroxylation sites is 1. The van der Waals surface area contributed by atoms with Crippen molar-refractivity contribution in [2.75, 3.05) is 7.11 Å². The van der Waals surface area contributed by atoms with E-state index < -0.39 is 0 Å². The van der Waals surface area contributed by atoms with Gasteiger partial charge in [0.15, 0.2) is 10.8 Å². The van der Waals surface area contributed by atoms with Crippen LogP contribution in [0.15, 0.2) is 52.9 Å². The van der Waals surface area contributed by atoms with E-state index in [0.29, 0.717) is 0 Å². The molecule has 0 aliphatic carbocycles. The third-order valence-electron chi connectivity index (χ3n) is 3.23. The number of furan rings is 1. The minimum absolute atomic E-state index is 0.794. The molecule has 3 nitrogen and oxygen atoms in total. The molecule has 20 heavy (non-hydrogen) atoms. The van der Waals surface area contributed by atoms with Crippen LogP contribution in [0.5, 0.6) is 5.75 Å². The molecule has 0 aliphatic rings. The maximum Gasteiger partial charge on any atom is 0.164 e. The van der Waals surface area contributed by atoms with Crippen LogP contribution in [-0.4, -0.2) is 12.1 Å². The topological polar surface area (TPSA) is 35.3 Å². The van der Waals surface area contributed by atoms with E-state index in [1.165, 1.54) is 4.70 Å². The fourth-order valence-electron chi connectivity index (χ4n) is 2.22. The Morgan fingerprint density at radius 2 is 2.00 bits per heavy atom. The summed E-state index contributed by atoms with van der Waals surface area (Å²) < 4.78 is 12.3. The van der Waals surface area contributed by atoms with Crippen molar-refractivity contribution in [1.29, 1.82) is 0 Å². The fraction of sp³-hybridized carbons (Fsp3) is 0.0625. The second-order valence-corrected chi connectivity index (χ2v) is 5.53. The summed E-state index contributed by atoms with van der Waals surface area (Å²) in [5.41, 5.74) is 1.82. The first-order valence-corrected chi connectivity index (χ1v) is 7.09. The number of hydrogen-bond donors (Lipinski definition) is 0. The van der Waals surface area contributed by atoms with E-state index in [9.17, 15) is 0 Å².